The van der Waals surface area contributed by atoms with Crippen molar-refractivity contribution < 1.29 is 23.5 Å². The average Bonchev–Trinajstić information content (AvgIpc) is 2.79. The van der Waals surface area contributed by atoms with Crippen LogP contribution in [0.4, 0.5) is 10.1 Å². The molecule has 6 heteroatoms. The van der Waals surface area contributed by atoms with Gasteiger partial charge in [-0.2, -0.15) is 0 Å². The molecule has 31 heavy (non-hydrogen) atoms. The van der Waals surface area contributed by atoms with E-state index in [0.717, 1.165) is 0 Å². The van der Waals surface area contributed by atoms with E-state index in [1.54, 1.807) is 54.6 Å². The molecule has 1 amide bonds. The maximum absolute atomic E-state index is 13.0. The van der Waals surface area contributed by atoms with Crippen LogP contribution in [0.15, 0.2) is 84.9 Å². The normalized spacial score (nSPS) is 11.7. The van der Waals surface area contributed by atoms with Gasteiger partial charge in [-0.15, -0.1) is 0 Å². The molecule has 0 spiro atoms. The summed E-state index contributed by atoms with van der Waals surface area (Å²) in [7, 11) is 0. The Morgan fingerprint density at radius 1 is 0.968 bits per heavy atom. The summed E-state index contributed by atoms with van der Waals surface area (Å²) in [5, 5.41) is 2.77. The number of hydrogen-bond donors (Lipinski definition) is 1. The van der Waals surface area contributed by atoms with Gasteiger partial charge in [-0.05, 0) is 42.8 Å². The standard InChI is InChI=1S/C25H22FNO4/c1-2-30-22-11-7-6-10-21(22)27-25(29)24(19-8-4-3-5-9-19)31-23(28)17-14-18-12-15-20(26)16-13-18/h3-17,24H,2H2,1H3,(H,27,29)/b17-14+/t24-/m1/s1. The van der Waals surface area contributed by atoms with Crippen molar-refractivity contribution in [2.75, 3.05) is 11.9 Å². The zero-order valence-electron chi connectivity index (χ0n) is 17.0. The molecule has 3 rings (SSSR count). The van der Waals surface area contributed by atoms with Crippen molar-refractivity contribution >= 4 is 23.6 Å². The summed E-state index contributed by atoms with van der Waals surface area (Å²) in [6.07, 6.45) is 1.53. The number of para-hydroxylation sites is 2. The molecule has 0 aliphatic rings. The number of halogens is 1. The Labute approximate surface area is 180 Å². The van der Waals surface area contributed by atoms with E-state index in [0.29, 0.717) is 29.2 Å². The lowest BCUT2D eigenvalue weighted by molar-refractivity contribution is -0.149. The third-order valence-electron chi connectivity index (χ3n) is 4.30. The summed E-state index contributed by atoms with van der Waals surface area (Å²) in [6.45, 7) is 2.29. The van der Waals surface area contributed by atoms with Crippen LogP contribution in [0, 0.1) is 5.82 Å². The number of anilines is 1. The maximum atomic E-state index is 13.0. The minimum atomic E-state index is -1.17. The topological polar surface area (TPSA) is 64.6 Å². The highest BCUT2D eigenvalue weighted by atomic mass is 19.1. The molecule has 0 unspecified atom stereocenters. The summed E-state index contributed by atoms with van der Waals surface area (Å²) in [5.74, 6) is -1.06. The lowest BCUT2D eigenvalue weighted by atomic mass is 10.1. The highest BCUT2D eigenvalue weighted by Crippen LogP contribution is 2.26. The second kappa shape index (κ2) is 10.7. The van der Waals surface area contributed by atoms with Gasteiger partial charge in [0, 0.05) is 11.6 Å². The van der Waals surface area contributed by atoms with E-state index >= 15 is 0 Å². The summed E-state index contributed by atoms with van der Waals surface area (Å²) < 4.78 is 24.0. The summed E-state index contributed by atoms with van der Waals surface area (Å²) in [6, 6.07) is 21.4. The minimum Gasteiger partial charge on any atom is -0.492 e. The van der Waals surface area contributed by atoms with Gasteiger partial charge in [-0.3, -0.25) is 4.79 Å². The van der Waals surface area contributed by atoms with Crippen molar-refractivity contribution in [3.8, 4) is 5.75 Å². The Morgan fingerprint density at radius 3 is 2.35 bits per heavy atom. The molecular weight excluding hydrogens is 397 g/mol. The predicted octanol–water partition coefficient (Wildman–Crippen LogP) is 5.16. The molecule has 3 aromatic carbocycles. The van der Waals surface area contributed by atoms with Crippen LogP contribution < -0.4 is 10.1 Å². The molecule has 0 bridgehead atoms. The van der Waals surface area contributed by atoms with Crippen molar-refractivity contribution in [2.24, 2.45) is 0 Å². The SMILES string of the molecule is CCOc1ccccc1NC(=O)[C@H](OC(=O)/C=C/c1ccc(F)cc1)c1ccccc1. The Morgan fingerprint density at radius 2 is 1.65 bits per heavy atom. The van der Waals surface area contributed by atoms with Crippen LogP contribution in [0.1, 0.15) is 24.2 Å². The maximum Gasteiger partial charge on any atom is 0.331 e. The first-order valence-corrected chi connectivity index (χ1v) is 9.78. The number of carbonyl (C=O) groups excluding carboxylic acids is 2. The number of ether oxygens (including phenoxy) is 2. The number of hydrogen-bond acceptors (Lipinski definition) is 4. The van der Waals surface area contributed by atoms with Crippen molar-refractivity contribution in [1.29, 1.82) is 0 Å². The Kier molecular flexibility index (Phi) is 7.54. The van der Waals surface area contributed by atoms with E-state index in [4.69, 9.17) is 9.47 Å². The van der Waals surface area contributed by atoms with E-state index in [9.17, 15) is 14.0 Å². The molecule has 0 heterocycles. The van der Waals surface area contributed by atoms with Gasteiger partial charge in [0.05, 0.1) is 12.3 Å². The fourth-order valence-electron chi connectivity index (χ4n) is 2.84. The van der Waals surface area contributed by atoms with E-state index in [-0.39, 0.29) is 5.82 Å². The smallest absolute Gasteiger partial charge is 0.331 e. The van der Waals surface area contributed by atoms with Gasteiger partial charge in [0.2, 0.25) is 6.10 Å². The van der Waals surface area contributed by atoms with Gasteiger partial charge in [0.1, 0.15) is 11.6 Å². The Hall–Kier alpha value is -3.93. The molecule has 5 nitrogen and oxygen atoms in total. The van der Waals surface area contributed by atoms with Crippen molar-refractivity contribution in [3.63, 3.8) is 0 Å². The average molecular weight is 419 g/mol. The lowest BCUT2D eigenvalue weighted by Crippen LogP contribution is -2.25. The van der Waals surface area contributed by atoms with Gasteiger partial charge in [0.15, 0.2) is 0 Å². The first-order valence-electron chi connectivity index (χ1n) is 9.78. The van der Waals surface area contributed by atoms with Crippen LogP contribution in [0.2, 0.25) is 0 Å². The quantitative estimate of drug-likeness (QED) is 0.405. The van der Waals surface area contributed by atoms with Crippen LogP contribution >= 0.6 is 0 Å². The molecular formula is C25H22FNO4. The molecule has 3 aromatic rings. The highest BCUT2D eigenvalue weighted by Gasteiger charge is 2.25. The van der Waals surface area contributed by atoms with Gasteiger partial charge < -0.3 is 14.8 Å². The number of carbonyl (C=O) groups is 2. The first-order chi connectivity index (χ1) is 15.1. The molecule has 0 radical (unpaired) electrons. The van der Waals surface area contributed by atoms with Gasteiger partial charge >= 0.3 is 5.97 Å². The summed E-state index contributed by atoms with van der Waals surface area (Å²) in [5.41, 5.74) is 1.63. The molecule has 0 saturated heterocycles. The number of esters is 1. The summed E-state index contributed by atoms with van der Waals surface area (Å²) in [4.78, 5) is 25.4. The Balaban J connectivity index is 1.78. The van der Waals surface area contributed by atoms with E-state index < -0.39 is 18.0 Å². The molecule has 158 valence electrons. The fourth-order valence-corrected chi connectivity index (χ4v) is 2.84. The second-order valence-electron chi connectivity index (χ2n) is 6.53. The van der Waals surface area contributed by atoms with E-state index in [2.05, 4.69) is 5.32 Å². The second-order valence-corrected chi connectivity index (χ2v) is 6.53. The van der Waals surface area contributed by atoms with Crippen LogP contribution in [-0.2, 0) is 14.3 Å². The Bertz CT molecular complexity index is 1050. The number of nitrogens with one attached hydrogen (secondary N) is 1. The zero-order chi connectivity index (χ0) is 22.1. The molecule has 0 saturated carbocycles. The summed E-state index contributed by atoms with van der Waals surface area (Å²) >= 11 is 0. The third-order valence-corrected chi connectivity index (χ3v) is 4.30. The first kappa shape index (κ1) is 21.8. The monoisotopic (exact) mass is 419 g/mol. The molecule has 1 atom stereocenters. The molecule has 0 fully saturated rings. The molecule has 0 aliphatic carbocycles. The van der Waals surface area contributed by atoms with E-state index in [1.165, 1.54) is 36.4 Å². The van der Waals surface area contributed by atoms with Crippen molar-refractivity contribution in [2.45, 2.75) is 13.0 Å². The lowest BCUT2D eigenvalue weighted by Gasteiger charge is -2.18. The van der Waals surface area contributed by atoms with Gasteiger partial charge in [0.25, 0.3) is 5.91 Å². The molecule has 1 N–H and O–H groups in total. The largest absolute Gasteiger partial charge is 0.492 e. The van der Waals surface area contributed by atoms with Crippen molar-refractivity contribution in [1.82, 2.24) is 0 Å². The van der Waals surface area contributed by atoms with Gasteiger partial charge in [-0.1, -0.05) is 54.6 Å². The van der Waals surface area contributed by atoms with Crippen LogP contribution in [0.5, 0.6) is 5.75 Å². The number of benzene rings is 3. The van der Waals surface area contributed by atoms with Crippen LogP contribution in [0.3, 0.4) is 0 Å². The number of amides is 1. The number of rotatable bonds is 8. The molecule has 0 aromatic heterocycles. The third kappa shape index (κ3) is 6.27. The fraction of sp³-hybridized carbons (Fsp3) is 0.120. The molecule has 0 aliphatic heterocycles. The van der Waals surface area contributed by atoms with Crippen molar-refractivity contribution in [3.05, 3.63) is 102 Å². The highest BCUT2D eigenvalue weighted by molar-refractivity contribution is 5.98. The van der Waals surface area contributed by atoms with E-state index in [1.807, 2.05) is 6.92 Å². The van der Waals surface area contributed by atoms with Crippen LogP contribution in [-0.4, -0.2) is 18.5 Å². The predicted molar refractivity (Wildman–Crippen MR) is 117 cm³/mol. The zero-order valence-corrected chi connectivity index (χ0v) is 17.0. The van der Waals surface area contributed by atoms with Crippen LogP contribution in [0.25, 0.3) is 6.08 Å². The minimum absolute atomic E-state index is 0.368. The van der Waals surface area contributed by atoms with Gasteiger partial charge in [-0.25, -0.2) is 9.18 Å².